The van der Waals surface area contributed by atoms with Crippen molar-refractivity contribution in [3.05, 3.63) is 61.2 Å². The van der Waals surface area contributed by atoms with E-state index < -0.39 is 59.4 Å². The molecule has 16 heteroatoms. The van der Waals surface area contributed by atoms with Crippen LogP contribution in [0.4, 0.5) is 0 Å². The van der Waals surface area contributed by atoms with Gasteiger partial charge in [0.15, 0.2) is 0 Å². The van der Waals surface area contributed by atoms with Gasteiger partial charge in [-0.15, -0.1) is 0 Å². The lowest BCUT2D eigenvalue weighted by Gasteiger charge is -2.14. The summed E-state index contributed by atoms with van der Waals surface area (Å²) in [6, 6.07) is 0. The largest absolute Gasteiger partial charge is 0.394 e. The number of aromatic amines is 2. The molecule has 0 saturated carbocycles. The fraction of sp³-hybridized carbons (Fsp3) is 0.556. The highest BCUT2D eigenvalue weighted by atomic mass is 127. The van der Waals surface area contributed by atoms with Crippen molar-refractivity contribution in [2.24, 2.45) is 0 Å². The zero-order valence-electron chi connectivity index (χ0n) is 17.3. The lowest BCUT2D eigenvalue weighted by Crippen LogP contribution is -2.33. The summed E-state index contributed by atoms with van der Waals surface area (Å²) in [5.41, 5.74) is -2.09. The van der Waals surface area contributed by atoms with Crippen molar-refractivity contribution in [3.8, 4) is 0 Å². The molecule has 3 unspecified atom stereocenters. The lowest BCUT2D eigenvalue weighted by molar-refractivity contribution is -0.0459. The number of aliphatic hydroxyl groups excluding tert-OH is 4. The topological polar surface area (TPSA) is 209 Å². The van der Waals surface area contributed by atoms with E-state index in [4.69, 9.17) is 19.7 Å². The third kappa shape index (κ3) is 6.04. The average Bonchev–Trinajstić information content (AvgIpc) is 3.35. The molecular formula is C18H22I2N4O10. The van der Waals surface area contributed by atoms with Crippen LogP contribution in [0.25, 0.3) is 0 Å². The van der Waals surface area contributed by atoms with E-state index in [-0.39, 0.29) is 26.1 Å². The van der Waals surface area contributed by atoms with Gasteiger partial charge in [0.25, 0.3) is 11.1 Å². The monoisotopic (exact) mass is 708 g/mol. The van der Waals surface area contributed by atoms with Gasteiger partial charge in [0, 0.05) is 25.2 Å². The predicted molar refractivity (Wildman–Crippen MR) is 131 cm³/mol. The Morgan fingerprint density at radius 3 is 1.44 bits per heavy atom. The number of H-pyrrole nitrogens is 2. The molecule has 0 aliphatic carbocycles. The number of nitrogens with zero attached hydrogens (tertiary/aromatic N) is 2. The second-order valence-corrected chi connectivity index (χ2v) is 9.84. The molecule has 2 aromatic heterocycles. The van der Waals surface area contributed by atoms with Gasteiger partial charge in [-0.1, -0.05) is 0 Å². The molecular weight excluding hydrogens is 686 g/mol. The third-order valence-electron chi connectivity index (χ3n) is 5.24. The Bertz CT molecular complexity index is 1150. The molecule has 2 fully saturated rings. The minimum atomic E-state index is -0.818. The van der Waals surface area contributed by atoms with Crippen molar-refractivity contribution in [2.75, 3.05) is 13.2 Å². The summed E-state index contributed by atoms with van der Waals surface area (Å²) in [6.07, 6.45) is -1.21. The molecule has 6 N–H and O–H groups in total. The van der Waals surface area contributed by atoms with Gasteiger partial charge in [-0.25, -0.2) is 9.59 Å². The molecule has 0 amide bonds. The molecule has 2 aliphatic heterocycles. The zero-order valence-corrected chi connectivity index (χ0v) is 21.7. The van der Waals surface area contributed by atoms with Crippen LogP contribution in [0.2, 0.25) is 0 Å². The normalized spacial score (nSPS) is 28.5. The van der Waals surface area contributed by atoms with E-state index in [1.807, 2.05) is 0 Å². The Labute approximate surface area is 217 Å². The lowest BCUT2D eigenvalue weighted by atomic mass is 10.2. The molecule has 0 aromatic carbocycles. The molecule has 188 valence electrons. The van der Waals surface area contributed by atoms with E-state index >= 15 is 0 Å². The minimum absolute atomic E-state index is 0.202. The van der Waals surface area contributed by atoms with Gasteiger partial charge >= 0.3 is 11.4 Å². The number of halogens is 2. The molecule has 2 aliphatic rings. The van der Waals surface area contributed by atoms with Crippen molar-refractivity contribution in [1.29, 1.82) is 0 Å². The van der Waals surface area contributed by atoms with Crippen LogP contribution in [-0.4, -0.2) is 77.2 Å². The zero-order chi connectivity index (χ0) is 25.2. The maximum Gasteiger partial charge on any atom is 0.330 e. The first-order valence-corrected chi connectivity index (χ1v) is 12.1. The number of ether oxygens (including phenoxy) is 2. The van der Waals surface area contributed by atoms with Crippen LogP contribution in [-0.2, 0) is 9.47 Å². The van der Waals surface area contributed by atoms with Crippen LogP contribution in [0.15, 0.2) is 31.6 Å². The number of hydrogen-bond donors (Lipinski definition) is 6. The van der Waals surface area contributed by atoms with Crippen molar-refractivity contribution >= 4 is 45.2 Å². The van der Waals surface area contributed by atoms with Gasteiger partial charge in [0.05, 0.1) is 32.6 Å². The van der Waals surface area contributed by atoms with Gasteiger partial charge in [0.1, 0.15) is 24.7 Å². The van der Waals surface area contributed by atoms with Crippen LogP contribution in [0.1, 0.15) is 25.3 Å². The highest BCUT2D eigenvalue weighted by Gasteiger charge is 2.36. The van der Waals surface area contributed by atoms with Gasteiger partial charge in [-0.3, -0.25) is 28.7 Å². The van der Waals surface area contributed by atoms with E-state index in [9.17, 15) is 29.4 Å². The predicted octanol–water partition coefficient (Wildman–Crippen LogP) is -2.44. The van der Waals surface area contributed by atoms with Crippen LogP contribution in [0, 0.1) is 7.14 Å². The van der Waals surface area contributed by atoms with E-state index in [0.717, 1.165) is 0 Å². The molecule has 6 atom stereocenters. The van der Waals surface area contributed by atoms with Crippen LogP contribution < -0.4 is 22.5 Å². The molecule has 2 saturated heterocycles. The van der Waals surface area contributed by atoms with E-state index in [1.54, 1.807) is 45.2 Å². The molecule has 0 bridgehead atoms. The maximum absolute atomic E-state index is 11.6. The van der Waals surface area contributed by atoms with E-state index in [0.29, 0.717) is 7.14 Å². The number of aromatic nitrogens is 4. The number of nitrogens with one attached hydrogen (secondary N) is 2. The van der Waals surface area contributed by atoms with Crippen LogP contribution in [0.3, 0.4) is 0 Å². The number of hydrogen-bond acceptors (Lipinski definition) is 10. The third-order valence-corrected chi connectivity index (χ3v) is 6.77. The quantitative estimate of drug-likeness (QED) is 0.185. The number of rotatable bonds is 4. The summed E-state index contributed by atoms with van der Waals surface area (Å²) >= 11 is 3.60. The molecule has 14 nitrogen and oxygen atoms in total. The molecule has 4 rings (SSSR count). The Hall–Kier alpha value is -1.42. The number of aliphatic hydroxyl groups is 4. The van der Waals surface area contributed by atoms with Crippen molar-refractivity contribution in [2.45, 2.75) is 49.7 Å². The standard InChI is InChI=1S/2C9H11IN2O5/c2*10-4-2-12(9(16)11-8(4)15)7-1-5(14)6(3-13)17-7/h2*2,5-7,13-14H,1,3H2,(H,11,15,16)/t5-,6+,7+;/m0./s1. The second-order valence-electron chi connectivity index (χ2n) is 7.52. The first-order chi connectivity index (χ1) is 16.0. The van der Waals surface area contributed by atoms with Gasteiger partial charge in [-0.2, -0.15) is 0 Å². The first kappa shape index (κ1) is 27.2. The van der Waals surface area contributed by atoms with Crippen LogP contribution >= 0.6 is 45.2 Å². The summed E-state index contributed by atoms with van der Waals surface area (Å²) in [7, 11) is 0. The van der Waals surface area contributed by atoms with Gasteiger partial charge < -0.3 is 29.9 Å². The Balaban J connectivity index is 0.000000191. The van der Waals surface area contributed by atoms with E-state index in [2.05, 4.69) is 9.97 Å². The van der Waals surface area contributed by atoms with Crippen molar-refractivity contribution in [1.82, 2.24) is 19.1 Å². The molecule has 4 heterocycles. The smallest absolute Gasteiger partial charge is 0.330 e. The fourth-order valence-corrected chi connectivity index (χ4v) is 4.32. The second kappa shape index (κ2) is 11.5. The Morgan fingerprint density at radius 2 is 1.15 bits per heavy atom. The van der Waals surface area contributed by atoms with Crippen molar-refractivity contribution in [3.63, 3.8) is 0 Å². The summed E-state index contributed by atoms with van der Waals surface area (Å²) in [5, 5.41) is 37.0. The fourth-order valence-electron chi connectivity index (χ4n) is 3.45. The molecule has 2 aromatic rings. The summed E-state index contributed by atoms with van der Waals surface area (Å²) in [5.74, 6) is 0. The van der Waals surface area contributed by atoms with E-state index in [1.165, 1.54) is 21.5 Å². The Kier molecular flexibility index (Phi) is 9.23. The van der Waals surface area contributed by atoms with Crippen molar-refractivity contribution < 1.29 is 29.9 Å². The summed E-state index contributed by atoms with van der Waals surface area (Å²) < 4.78 is 13.8. The minimum Gasteiger partial charge on any atom is -0.394 e. The first-order valence-electron chi connectivity index (χ1n) is 9.96. The molecule has 0 spiro atoms. The highest BCUT2D eigenvalue weighted by Crippen LogP contribution is 2.28. The highest BCUT2D eigenvalue weighted by molar-refractivity contribution is 14.1. The average molecular weight is 708 g/mol. The summed E-state index contributed by atoms with van der Waals surface area (Å²) in [4.78, 5) is 49.8. The Morgan fingerprint density at radius 1 is 0.794 bits per heavy atom. The van der Waals surface area contributed by atoms with Crippen LogP contribution in [0.5, 0.6) is 0 Å². The van der Waals surface area contributed by atoms with Gasteiger partial charge in [0.2, 0.25) is 0 Å². The molecule has 34 heavy (non-hydrogen) atoms. The SMILES string of the molecule is O=c1[nH]c(=O)n(C2CC(O)C(CO)O2)cc1I.O=c1[nH]c(=O)n([C@H]2C[C@H](O)[C@@H](CO)O2)cc1I. The van der Waals surface area contributed by atoms with Gasteiger partial charge in [-0.05, 0) is 45.2 Å². The maximum atomic E-state index is 11.6. The summed E-state index contributed by atoms with van der Waals surface area (Å²) in [6.45, 7) is -0.625. The molecule has 0 radical (unpaired) electrons.